The molecule has 0 radical (unpaired) electrons. The van der Waals surface area contributed by atoms with E-state index in [-0.39, 0.29) is 34.0 Å². The minimum absolute atomic E-state index is 0. The second-order valence-electron chi connectivity index (χ2n) is 18.1. The van der Waals surface area contributed by atoms with Gasteiger partial charge in [-0.05, 0) is 166 Å². The fourth-order valence-electron chi connectivity index (χ4n) is 7.51. The summed E-state index contributed by atoms with van der Waals surface area (Å²) < 4.78 is 69.6. The van der Waals surface area contributed by atoms with Crippen molar-refractivity contribution in [2.45, 2.75) is 74.1 Å². The Morgan fingerprint density at radius 3 is 0.747 bits per heavy atom. The van der Waals surface area contributed by atoms with Crippen molar-refractivity contribution in [2.75, 3.05) is 53.1 Å². The van der Waals surface area contributed by atoms with E-state index in [0.29, 0.717) is 87.1 Å². The highest BCUT2D eigenvalue weighted by molar-refractivity contribution is 5.87. The zero-order valence-electron chi connectivity index (χ0n) is 45.0. The number of ether oxygens (including phenoxy) is 4. The summed E-state index contributed by atoms with van der Waals surface area (Å²) in [4.78, 5) is 16.8. The number of fused-ring (bicyclic) bond motifs is 4. The zero-order chi connectivity index (χ0) is 56.1. The van der Waals surface area contributed by atoms with Crippen molar-refractivity contribution in [3.63, 3.8) is 0 Å². The number of nitrogens with zero attached hydrogens (tertiary/aromatic N) is 4. The minimum atomic E-state index is -0.479. The third kappa shape index (κ3) is 23.0. The SMILES string of the molecule is C.CC(N)=NCc1ccc2cc(OCCCF)ccc2c1.CC(N)=NCc1ccc2cc(OCCC[18F])ccc2c1.CC(N)=NCc1ccc2cc(OCCF)ccc2c1.CC(N)=NCc1ccc2cc(OCC[18F])ccc2c1. The van der Waals surface area contributed by atoms with Crippen molar-refractivity contribution in [1.29, 1.82) is 0 Å². The van der Waals surface area contributed by atoms with E-state index in [4.69, 9.17) is 41.9 Å². The molecular weight excluding hydrogens is 1010 g/mol. The first-order valence-corrected chi connectivity index (χ1v) is 25.7. The lowest BCUT2D eigenvalue weighted by atomic mass is 10.1. The molecule has 8 rings (SSSR count). The fourth-order valence-corrected chi connectivity index (χ4v) is 7.51. The molecule has 8 aromatic rings. The molecule has 0 unspecified atom stereocenters. The lowest BCUT2D eigenvalue weighted by molar-refractivity contribution is 0.273. The van der Waals surface area contributed by atoms with Crippen molar-refractivity contribution in [3.8, 4) is 23.0 Å². The number of nitrogens with two attached hydrogens (primary N) is 4. The zero-order valence-corrected chi connectivity index (χ0v) is 45.0. The van der Waals surface area contributed by atoms with E-state index in [2.05, 4.69) is 44.2 Å². The van der Waals surface area contributed by atoms with Crippen LogP contribution in [0.25, 0.3) is 43.1 Å². The Bertz CT molecular complexity index is 3050. The van der Waals surface area contributed by atoms with E-state index < -0.39 is 13.3 Å². The first kappa shape index (κ1) is 63.1. The molecule has 0 aliphatic heterocycles. The van der Waals surface area contributed by atoms with Crippen LogP contribution in [0.2, 0.25) is 0 Å². The standard InChI is InChI=1S/2C16H19FN2O.2C15H17FN2O.CH4/c2*1-12(18)19-11-13-3-4-15-10-16(20-8-2-7-17)6-5-14(15)9-13;2*1-11(17)18-10-12-2-3-14-9-15(19-7-6-16)5-4-13(14)8-12;/h2*3-6,9-10H,2,7-8,11H2,1H3,(H2,18,19);2*2-5,8-9H,6-7,10H2,1H3,(H2,17,18);1H4/i17-1;;16-1;;. The molecule has 16 heteroatoms. The van der Waals surface area contributed by atoms with Crippen LogP contribution >= 0.6 is 0 Å². The summed E-state index contributed by atoms with van der Waals surface area (Å²) in [6.45, 7) is 8.79. The monoisotopic (exact) mass is 1080 g/mol. The lowest BCUT2D eigenvalue weighted by Gasteiger charge is -2.07. The Morgan fingerprint density at radius 2 is 0.532 bits per heavy atom. The number of halogens is 4. The highest BCUT2D eigenvalue weighted by atomic mass is 19.1. The first-order chi connectivity index (χ1) is 37.7. The minimum Gasteiger partial charge on any atom is -0.493 e. The summed E-state index contributed by atoms with van der Waals surface area (Å²) >= 11 is 0. The summed E-state index contributed by atoms with van der Waals surface area (Å²) in [5.41, 5.74) is 26.6. The van der Waals surface area contributed by atoms with Crippen molar-refractivity contribution < 1.29 is 36.5 Å². The molecule has 0 saturated heterocycles. The van der Waals surface area contributed by atoms with Gasteiger partial charge in [-0.25, -0.2) is 8.78 Å². The van der Waals surface area contributed by atoms with E-state index >= 15 is 0 Å². The van der Waals surface area contributed by atoms with Gasteiger partial charge in [-0.2, -0.15) is 0 Å². The number of benzene rings is 8. The van der Waals surface area contributed by atoms with Gasteiger partial charge in [0.2, 0.25) is 0 Å². The molecule has 79 heavy (non-hydrogen) atoms. The van der Waals surface area contributed by atoms with Gasteiger partial charge >= 0.3 is 0 Å². The number of amidine groups is 4. The molecule has 0 aromatic heterocycles. The van der Waals surface area contributed by atoms with E-state index in [9.17, 15) is 17.6 Å². The second-order valence-corrected chi connectivity index (χ2v) is 18.1. The quantitative estimate of drug-likeness (QED) is 0.0223. The highest BCUT2D eigenvalue weighted by Crippen LogP contribution is 2.26. The maximum Gasteiger partial charge on any atom is 0.123 e. The average Bonchev–Trinajstić information content (AvgIpc) is 3.45. The molecule has 0 saturated carbocycles. The van der Waals surface area contributed by atoms with Gasteiger partial charge in [0.05, 0.1) is 76.1 Å². The average molecular weight is 1080 g/mol. The van der Waals surface area contributed by atoms with Crippen LogP contribution in [0.15, 0.2) is 166 Å². The molecular formula is C63H76F4N8O4. The Kier molecular flexibility index (Phi) is 27.5. The number of hydrogen-bond donors (Lipinski definition) is 4. The Hall–Kier alpha value is -8.40. The molecule has 0 spiro atoms. The summed E-state index contributed by atoms with van der Waals surface area (Å²) in [5, 5.41) is 8.79. The van der Waals surface area contributed by atoms with Crippen LogP contribution in [-0.2, 0) is 26.2 Å². The van der Waals surface area contributed by atoms with Crippen molar-refractivity contribution in [1.82, 2.24) is 0 Å². The molecule has 0 fully saturated rings. The molecule has 420 valence electrons. The number of aliphatic imine (C=N–C) groups is 4. The smallest absolute Gasteiger partial charge is 0.123 e. The molecule has 0 heterocycles. The van der Waals surface area contributed by atoms with Crippen LogP contribution < -0.4 is 41.9 Å². The largest absolute Gasteiger partial charge is 0.493 e. The van der Waals surface area contributed by atoms with E-state index in [1.54, 1.807) is 27.7 Å². The van der Waals surface area contributed by atoms with Crippen LogP contribution in [0.4, 0.5) is 17.6 Å². The molecule has 0 amide bonds. The van der Waals surface area contributed by atoms with Crippen molar-refractivity contribution in [3.05, 3.63) is 168 Å². The van der Waals surface area contributed by atoms with Gasteiger partial charge in [0.1, 0.15) is 49.6 Å². The maximum absolute atomic E-state index is 12.0. The van der Waals surface area contributed by atoms with Gasteiger partial charge in [0.25, 0.3) is 0 Å². The number of rotatable bonds is 22. The number of hydrogen-bond acceptors (Lipinski definition) is 8. The lowest BCUT2D eigenvalue weighted by Crippen LogP contribution is -2.05. The molecule has 8 N–H and O–H groups in total. The van der Waals surface area contributed by atoms with Crippen LogP contribution in [0.1, 0.15) is 70.2 Å². The topological polar surface area (TPSA) is 190 Å². The Labute approximate surface area is 462 Å². The van der Waals surface area contributed by atoms with Gasteiger partial charge < -0.3 is 41.9 Å². The number of alkyl halides is 4. The molecule has 0 aliphatic carbocycles. The van der Waals surface area contributed by atoms with Crippen molar-refractivity contribution in [2.24, 2.45) is 42.9 Å². The van der Waals surface area contributed by atoms with E-state index in [1.165, 1.54) is 0 Å². The molecule has 12 nitrogen and oxygen atoms in total. The third-order valence-corrected chi connectivity index (χ3v) is 11.3. The molecule has 0 aliphatic rings. The van der Waals surface area contributed by atoms with Gasteiger partial charge in [-0.15, -0.1) is 0 Å². The van der Waals surface area contributed by atoms with E-state index in [0.717, 1.165) is 76.8 Å². The second kappa shape index (κ2) is 34.4. The van der Waals surface area contributed by atoms with Gasteiger partial charge in [0, 0.05) is 12.8 Å². The predicted molar refractivity (Wildman–Crippen MR) is 322 cm³/mol. The predicted octanol–water partition coefficient (Wildman–Crippen LogP) is 13.7. The van der Waals surface area contributed by atoms with Gasteiger partial charge in [-0.3, -0.25) is 28.8 Å². The van der Waals surface area contributed by atoms with Crippen LogP contribution in [0, 0.1) is 0 Å². The molecule has 8 aromatic carbocycles. The van der Waals surface area contributed by atoms with Gasteiger partial charge in [0.15, 0.2) is 0 Å². The Morgan fingerprint density at radius 1 is 0.316 bits per heavy atom. The van der Waals surface area contributed by atoms with E-state index in [1.807, 2.05) is 121 Å². The van der Waals surface area contributed by atoms with Crippen LogP contribution in [0.3, 0.4) is 0 Å². The maximum atomic E-state index is 12.0. The fraction of sp³-hybridized carbons (Fsp3) is 0.302. The molecule has 0 bridgehead atoms. The van der Waals surface area contributed by atoms with Gasteiger partial charge in [-0.1, -0.05) is 80.2 Å². The summed E-state index contributed by atoms with van der Waals surface area (Å²) in [6, 6.07) is 47.7. The summed E-state index contributed by atoms with van der Waals surface area (Å²) in [6.07, 6.45) is 0.848. The third-order valence-electron chi connectivity index (χ3n) is 11.3. The Balaban J connectivity index is 0.000000226. The molecule has 0 atom stereocenters. The van der Waals surface area contributed by atoms with Crippen molar-refractivity contribution >= 4 is 66.4 Å². The van der Waals surface area contributed by atoms with Crippen LogP contribution in [-0.4, -0.2) is 76.5 Å². The normalized spacial score (nSPS) is 11.6. The first-order valence-electron chi connectivity index (χ1n) is 25.7. The highest BCUT2D eigenvalue weighted by Gasteiger charge is 2.04. The summed E-state index contributed by atoms with van der Waals surface area (Å²) in [5.74, 6) is 5.25. The summed E-state index contributed by atoms with van der Waals surface area (Å²) in [7, 11) is 0. The van der Waals surface area contributed by atoms with Crippen LogP contribution in [0.5, 0.6) is 23.0 Å².